The molecule has 23 heavy (non-hydrogen) atoms. The first-order valence-corrected chi connectivity index (χ1v) is 8.20. The summed E-state index contributed by atoms with van der Waals surface area (Å²) in [5, 5.41) is 9.62. The number of piperidine rings is 1. The second-order valence-corrected chi connectivity index (χ2v) is 6.16. The third-order valence-electron chi connectivity index (χ3n) is 4.61. The lowest BCUT2D eigenvalue weighted by Crippen LogP contribution is -2.39. The van der Waals surface area contributed by atoms with Crippen LogP contribution < -0.4 is 0 Å². The van der Waals surface area contributed by atoms with Crippen molar-refractivity contribution >= 4 is 5.91 Å². The zero-order chi connectivity index (χ0) is 16.4. The van der Waals surface area contributed by atoms with Crippen molar-refractivity contribution in [3.63, 3.8) is 0 Å². The Kier molecular flexibility index (Phi) is 4.37. The lowest BCUT2D eigenvalue weighted by molar-refractivity contribution is 0.0703. The van der Waals surface area contributed by atoms with Crippen molar-refractivity contribution in [1.29, 1.82) is 0 Å². The number of hydrogen-bond acceptors (Lipinski definition) is 3. The van der Waals surface area contributed by atoms with E-state index in [0.29, 0.717) is 18.0 Å². The van der Waals surface area contributed by atoms with Gasteiger partial charge in [-0.1, -0.05) is 0 Å². The Morgan fingerprint density at radius 2 is 2.26 bits per heavy atom. The first kappa shape index (κ1) is 15.6. The molecule has 1 aliphatic heterocycles. The molecule has 0 bridgehead atoms. The van der Waals surface area contributed by atoms with Gasteiger partial charge in [0.1, 0.15) is 11.6 Å². The summed E-state index contributed by atoms with van der Waals surface area (Å²) in [6.45, 7) is 6.30. The molecule has 0 saturated carbocycles. The molecule has 0 aliphatic carbocycles. The first-order chi connectivity index (χ1) is 11.1. The number of carbonyl (C=O) groups excluding carboxylic acids is 1. The smallest absolute Gasteiger partial charge is 0.253 e. The van der Waals surface area contributed by atoms with Gasteiger partial charge in [0.2, 0.25) is 0 Å². The Bertz CT molecular complexity index is 708. The third-order valence-corrected chi connectivity index (χ3v) is 4.61. The quantitative estimate of drug-likeness (QED) is 0.948. The fourth-order valence-corrected chi connectivity index (χ4v) is 3.29. The van der Waals surface area contributed by atoms with Crippen molar-refractivity contribution in [2.45, 2.75) is 39.2 Å². The highest BCUT2D eigenvalue weighted by molar-refractivity contribution is 5.94. The molecule has 1 fully saturated rings. The molecular formula is C18H23N3O2. The predicted octanol–water partition coefficient (Wildman–Crippen LogP) is 2.94. The van der Waals surface area contributed by atoms with E-state index in [0.717, 1.165) is 37.3 Å². The van der Waals surface area contributed by atoms with Crippen molar-refractivity contribution < 1.29 is 9.90 Å². The van der Waals surface area contributed by atoms with Crippen LogP contribution in [0.3, 0.4) is 0 Å². The highest BCUT2D eigenvalue weighted by Crippen LogP contribution is 2.27. The number of aryl methyl sites for hydroxylation is 2. The number of likely N-dealkylation sites (tertiary alicyclic amines) is 1. The predicted molar refractivity (Wildman–Crippen MR) is 88.6 cm³/mol. The Labute approximate surface area is 136 Å². The van der Waals surface area contributed by atoms with Crippen molar-refractivity contribution in [3.8, 4) is 5.75 Å². The fraction of sp³-hybridized carbons (Fsp3) is 0.444. The van der Waals surface area contributed by atoms with Crippen LogP contribution in [0.5, 0.6) is 5.75 Å². The minimum atomic E-state index is 0.0346. The number of aromatic hydroxyl groups is 1. The SMILES string of the molecule is CCn1ccnc1[C@@H]1CCCN(C(=O)c2ccc(O)c(C)c2)C1. The largest absolute Gasteiger partial charge is 0.508 e. The van der Waals surface area contributed by atoms with Gasteiger partial charge >= 0.3 is 0 Å². The molecule has 1 atom stereocenters. The van der Waals surface area contributed by atoms with E-state index < -0.39 is 0 Å². The maximum atomic E-state index is 12.7. The maximum absolute atomic E-state index is 12.7. The number of phenolic OH excluding ortho intramolecular Hbond substituents is 1. The third kappa shape index (κ3) is 3.09. The summed E-state index contributed by atoms with van der Waals surface area (Å²) >= 11 is 0. The first-order valence-electron chi connectivity index (χ1n) is 8.20. The second kappa shape index (κ2) is 6.44. The topological polar surface area (TPSA) is 58.4 Å². The highest BCUT2D eigenvalue weighted by Gasteiger charge is 2.27. The summed E-state index contributed by atoms with van der Waals surface area (Å²) < 4.78 is 2.16. The van der Waals surface area contributed by atoms with Gasteiger partial charge in [0.05, 0.1) is 0 Å². The molecule has 1 amide bonds. The van der Waals surface area contributed by atoms with E-state index in [1.807, 2.05) is 24.2 Å². The van der Waals surface area contributed by atoms with Gasteiger partial charge in [0, 0.05) is 43.5 Å². The highest BCUT2D eigenvalue weighted by atomic mass is 16.3. The number of benzene rings is 1. The molecule has 2 aromatic rings. The molecule has 0 radical (unpaired) electrons. The Morgan fingerprint density at radius 3 is 3.00 bits per heavy atom. The molecule has 5 nitrogen and oxygen atoms in total. The van der Waals surface area contributed by atoms with Crippen LogP contribution in [0.2, 0.25) is 0 Å². The zero-order valence-electron chi connectivity index (χ0n) is 13.7. The molecular weight excluding hydrogens is 290 g/mol. The van der Waals surface area contributed by atoms with Crippen molar-refractivity contribution in [3.05, 3.63) is 47.5 Å². The summed E-state index contributed by atoms with van der Waals surface area (Å²) in [4.78, 5) is 19.2. The van der Waals surface area contributed by atoms with Crippen LogP contribution in [0, 0.1) is 6.92 Å². The average molecular weight is 313 g/mol. The number of hydrogen-bond donors (Lipinski definition) is 1. The van der Waals surface area contributed by atoms with Crippen molar-refractivity contribution in [1.82, 2.24) is 14.5 Å². The molecule has 1 N–H and O–H groups in total. The Morgan fingerprint density at radius 1 is 1.43 bits per heavy atom. The zero-order valence-corrected chi connectivity index (χ0v) is 13.7. The molecule has 122 valence electrons. The second-order valence-electron chi connectivity index (χ2n) is 6.16. The van der Waals surface area contributed by atoms with Crippen molar-refractivity contribution in [2.75, 3.05) is 13.1 Å². The summed E-state index contributed by atoms with van der Waals surface area (Å²) in [7, 11) is 0. The lowest BCUT2D eigenvalue weighted by Gasteiger charge is -2.32. The molecule has 1 saturated heterocycles. The minimum absolute atomic E-state index is 0.0346. The average Bonchev–Trinajstić information content (AvgIpc) is 3.05. The van der Waals surface area contributed by atoms with E-state index in [2.05, 4.69) is 16.5 Å². The summed E-state index contributed by atoms with van der Waals surface area (Å²) in [5.74, 6) is 1.63. The van der Waals surface area contributed by atoms with Crippen LogP contribution in [0.25, 0.3) is 0 Å². The van der Waals surface area contributed by atoms with Crippen LogP contribution >= 0.6 is 0 Å². The van der Waals surface area contributed by atoms with Crippen LogP contribution in [0.15, 0.2) is 30.6 Å². The van der Waals surface area contributed by atoms with Gasteiger partial charge in [-0.25, -0.2) is 4.98 Å². The molecule has 2 heterocycles. The van der Waals surface area contributed by atoms with E-state index in [9.17, 15) is 9.90 Å². The van der Waals surface area contributed by atoms with E-state index in [-0.39, 0.29) is 11.7 Å². The summed E-state index contributed by atoms with van der Waals surface area (Å²) in [6, 6.07) is 5.04. The monoisotopic (exact) mass is 313 g/mol. The molecule has 0 spiro atoms. The standard InChI is InChI=1S/C18H23N3O2/c1-3-20-10-8-19-17(20)15-5-4-9-21(12-15)18(23)14-6-7-16(22)13(2)11-14/h6-8,10-11,15,22H,3-5,9,12H2,1-2H3/t15-/m1/s1. The Balaban J connectivity index is 1.78. The van der Waals surface area contributed by atoms with Crippen molar-refractivity contribution in [2.24, 2.45) is 0 Å². The van der Waals surface area contributed by atoms with Gasteiger partial charge in [0.25, 0.3) is 5.91 Å². The number of imidazole rings is 1. The van der Waals surface area contributed by atoms with E-state index in [1.165, 1.54) is 0 Å². The summed E-state index contributed by atoms with van der Waals surface area (Å²) in [5.41, 5.74) is 1.37. The number of aromatic nitrogens is 2. The van der Waals surface area contributed by atoms with E-state index in [1.54, 1.807) is 18.2 Å². The number of rotatable bonds is 3. The van der Waals surface area contributed by atoms with Gasteiger partial charge in [-0.05, 0) is 50.5 Å². The number of carbonyl (C=O) groups is 1. The molecule has 0 unspecified atom stereocenters. The van der Waals surface area contributed by atoms with Crippen LogP contribution in [-0.4, -0.2) is 38.6 Å². The van der Waals surface area contributed by atoms with Gasteiger partial charge in [-0.15, -0.1) is 0 Å². The molecule has 1 aromatic heterocycles. The number of amides is 1. The summed E-state index contributed by atoms with van der Waals surface area (Å²) in [6.07, 6.45) is 5.89. The van der Waals surface area contributed by atoms with Gasteiger partial charge in [0.15, 0.2) is 0 Å². The molecule has 5 heteroatoms. The van der Waals surface area contributed by atoms with Gasteiger partial charge in [-0.2, -0.15) is 0 Å². The van der Waals surface area contributed by atoms with Gasteiger partial charge < -0.3 is 14.6 Å². The van der Waals surface area contributed by atoms with Crippen LogP contribution in [-0.2, 0) is 6.54 Å². The molecule has 1 aromatic carbocycles. The maximum Gasteiger partial charge on any atom is 0.253 e. The Hall–Kier alpha value is -2.30. The lowest BCUT2D eigenvalue weighted by atomic mass is 9.96. The fourth-order valence-electron chi connectivity index (χ4n) is 3.29. The van der Waals surface area contributed by atoms with Crippen LogP contribution in [0.1, 0.15) is 47.4 Å². The minimum Gasteiger partial charge on any atom is -0.508 e. The molecule has 1 aliphatic rings. The molecule has 3 rings (SSSR count). The number of phenols is 1. The van der Waals surface area contributed by atoms with E-state index >= 15 is 0 Å². The number of nitrogens with zero attached hydrogens (tertiary/aromatic N) is 3. The van der Waals surface area contributed by atoms with Gasteiger partial charge in [-0.3, -0.25) is 4.79 Å². The van der Waals surface area contributed by atoms with Crippen LogP contribution in [0.4, 0.5) is 0 Å². The van der Waals surface area contributed by atoms with E-state index in [4.69, 9.17) is 0 Å². The normalized spacial score (nSPS) is 18.2.